The van der Waals surface area contributed by atoms with Gasteiger partial charge in [-0.05, 0) is 47.5 Å². The molecule has 0 saturated carbocycles. The number of hydrogen-bond donors (Lipinski definition) is 2. The topological polar surface area (TPSA) is 132 Å². The minimum atomic E-state index is -3.88. The van der Waals surface area contributed by atoms with Gasteiger partial charge in [-0.25, -0.2) is 18.6 Å². The Morgan fingerprint density at radius 2 is 1.81 bits per heavy atom. The van der Waals surface area contributed by atoms with Gasteiger partial charge in [-0.2, -0.15) is 5.10 Å². The Morgan fingerprint density at radius 1 is 1.08 bits per heavy atom. The van der Waals surface area contributed by atoms with E-state index < -0.39 is 16.1 Å². The number of nitrogens with zero attached hydrogens (tertiary/aromatic N) is 2. The third kappa shape index (κ3) is 5.56. The molecule has 0 spiro atoms. The van der Waals surface area contributed by atoms with Crippen molar-refractivity contribution in [2.75, 3.05) is 20.3 Å². The Morgan fingerprint density at radius 3 is 2.44 bits per heavy atom. The van der Waals surface area contributed by atoms with Crippen molar-refractivity contribution in [2.24, 2.45) is 10.2 Å². The van der Waals surface area contributed by atoms with Crippen LogP contribution in [-0.4, -0.2) is 50.5 Å². The first-order chi connectivity index (χ1) is 17.3. The summed E-state index contributed by atoms with van der Waals surface area (Å²) < 4.78 is 34.4. The van der Waals surface area contributed by atoms with Gasteiger partial charge in [0.2, 0.25) is 10.0 Å². The number of rotatable bonds is 9. The Balaban J connectivity index is 1.68. The van der Waals surface area contributed by atoms with Gasteiger partial charge >= 0.3 is 0 Å². The predicted molar refractivity (Wildman–Crippen MR) is 135 cm³/mol. The zero-order valence-electron chi connectivity index (χ0n) is 19.7. The molecular formula is C26H27N3O6S. The molecule has 0 saturated heterocycles. The van der Waals surface area contributed by atoms with E-state index in [1.165, 1.54) is 36.4 Å². The lowest BCUT2D eigenvalue weighted by atomic mass is 9.97. The summed E-state index contributed by atoms with van der Waals surface area (Å²) in [6, 6.07) is 20.1. The van der Waals surface area contributed by atoms with Gasteiger partial charge in [0.1, 0.15) is 0 Å². The average molecular weight is 510 g/mol. The molecular weight excluding hydrogens is 482 g/mol. The highest BCUT2D eigenvalue weighted by atomic mass is 32.2. The highest BCUT2D eigenvalue weighted by Crippen LogP contribution is 2.38. The minimum Gasteiger partial charge on any atom is -0.493 e. The summed E-state index contributed by atoms with van der Waals surface area (Å²) in [4.78, 5) is 13.4. The molecule has 1 unspecified atom stereocenters. The lowest BCUT2D eigenvalue weighted by molar-refractivity contribution is 0.0711. The number of ether oxygens (including phenoxy) is 2. The van der Waals surface area contributed by atoms with Gasteiger partial charge in [-0.1, -0.05) is 36.4 Å². The fraction of sp³-hybridized carbons (Fsp3) is 0.231. The summed E-state index contributed by atoms with van der Waals surface area (Å²) in [7, 11) is -2.34. The highest BCUT2D eigenvalue weighted by molar-refractivity contribution is 7.89. The molecule has 36 heavy (non-hydrogen) atoms. The molecule has 9 nitrogen and oxygen atoms in total. The molecule has 0 bridgehead atoms. The second kappa shape index (κ2) is 10.9. The standard InChI is InChI=1S/C26H27N3O6S/c1-34-25-16-20(10-13-24(25)35-15-5-14-30)23-17-22(18-6-3-2-4-7-18)28-29(23)26(31)19-8-11-21(12-9-19)36(27,32)33/h2-4,6-13,16,23,30H,5,14-15,17H2,1H3,(H2,27,32,33). The Hall–Kier alpha value is -3.73. The van der Waals surface area contributed by atoms with Crippen molar-refractivity contribution in [3.8, 4) is 11.5 Å². The van der Waals surface area contributed by atoms with Gasteiger partial charge in [0.05, 0.1) is 30.4 Å². The second-order valence-corrected chi connectivity index (χ2v) is 9.75. The molecule has 1 aliphatic heterocycles. The average Bonchev–Trinajstić information content (AvgIpc) is 3.34. The first kappa shape index (κ1) is 25.4. The third-order valence-corrected chi connectivity index (χ3v) is 6.72. The van der Waals surface area contributed by atoms with E-state index in [1.807, 2.05) is 42.5 Å². The van der Waals surface area contributed by atoms with Gasteiger partial charge in [-0.3, -0.25) is 4.79 Å². The molecule has 0 fully saturated rings. The van der Waals surface area contributed by atoms with E-state index in [-0.39, 0.29) is 23.0 Å². The van der Waals surface area contributed by atoms with Crippen LogP contribution in [0.1, 0.15) is 40.4 Å². The summed E-state index contributed by atoms with van der Waals surface area (Å²) in [6.45, 7) is 0.368. The maximum atomic E-state index is 13.5. The van der Waals surface area contributed by atoms with Gasteiger partial charge in [0, 0.05) is 25.0 Å². The number of aliphatic hydroxyl groups excluding tert-OH is 1. The fourth-order valence-electron chi connectivity index (χ4n) is 3.94. The molecule has 0 radical (unpaired) electrons. The Kier molecular flexibility index (Phi) is 7.68. The normalized spacial score (nSPS) is 15.5. The van der Waals surface area contributed by atoms with Crippen LogP contribution in [0, 0.1) is 0 Å². The van der Waals surface area contributed by atoms with Crippen LogP contribution in [0.2, 0.25) is 0 Å². The van der Waals surface area contributed by atoms with Gasteiger partial charge in [0.15, 0.2) is 11.5 Å². The number of hydrazone groups is 1. The second-order valence-electron chi connectivity index (χ2n) is 8.19. The molecule has 0 aromatic heterocycles. The number of amides is 1. The molecule has 3 N–H and O–H groups in total. The molecule has 1 atom stereocenters. The van der Waals surface area contributed by atoms with Crippen molar-refractivity contribution in [1.82, 2.24) is 5.01 Å². The quantitative estimate of drug-likeness (QED) is 0.426. The number of aliphatic hydroxyl groups is 1. The van der Waals surface area contributed by atoms with Crippen LogP contribution in [-0.2, 0) is 10.0 Å². The van der Waals surface area contributed by atoms with E-state index in [9.17, 15) is 13.2 Å². The maximum Gasteiger partial charge on any atom is 0.274 e. The maximum absolute atomic E-state index is 13.5. The number of methoxy groups -OCH3 is 1. The number of sulfonamides is 1. The minimum absolute atomic E-state index is 0.0251. The van der Waals surface area contributed by atoms with Crippen molar-refractivity contribution in [1.29, 1.82) is 0 Å². The number of carbonyl (C=O) groups excluding carboxylic acids is 1. The predicted octanol–water partition coefficient (Wildman–Crippen LogP) is 3.10. The first-order valence-electron chi connectivity index (χ1n) is 11.3. The van der Waals surface area contributed by atoms with Gasteiger partial charge < -0.3 is 14.6 Å². The third-order valence-electron chi connectivity index (χ3n) is 5.79. The first-order valence-corrected chi connectivity index (χ1v) is 12.9. The van der Waals surface area contributed by atoms with Crippen molar-refractivity contribution in [2.45, 2.75) is 23.8 Å². The summed E-state index contributed by atoms with van der Waals surface area (Å²) in [5, 5.41) is 20.3. The largest absolute Gasteiger partial charge is 0.493 e. The molecule has 1 aliphatic rings. The van der Waals surface area contributed by atoms with E-state index in [4.69, 9.17) is 19.7 Å². The summed E-state index contributed by atoms with van der Waals surface area (Å²) in [5.41, 5.74) is 2.72. The van der Waals surface area contributed by atoms with Crippen LogP contribution < -0.4 is 14.6 Å². The molecule has 10 heteroatoms. The van der Waals surface area contributed by atoms with E-state index in [1.54, 1.807) is 6.07 Å². The van der Waals surface area contributed by atoms with E-state index in [2.05, 4.69) is 5.10 Å². The molecule has 188 valence electrons. The zero-order valence-corrected chi connectivity index (χ0v) is 20.5. The Bertz CT molecular complexity index is 1360. The summed E-state index contributed by atoms with van der Waals surface area (Å²) in [6.07, 6.45) is 0.965. The molecule has 1 heterocycles. The van der Waals surface area contributed by atoms with Crippen molar-refractivity contribution in [3.05, 3.63) is 89.5 Å². The fourth-order valence-corrected chi connectivity index (χ4v) is 4.45. The van der Waals surface area contributed by atoms with Crippen LogP contribution in [0.3, 0.4) is 0 Å². The number of hydrogen-bond acceptors (Lipinski definition) is 7. The van der Waals surface area contributed by atoms with Crippen molar-refractivity contribution >= 4 is 21.6 Å². The molecule has 4 rings (SSSR count). The van der Waals surface area contributed by atoms with Crippen LogP contribution >= 0.6 is 0 Å². The zero-order chi connectivity index (χ0) is 25.7. The van der Waals surface area contributed by atoms with Gasteiger partial charge in [-0.15, -0.1) is 0 Å². The number of benzene rings is 3. The lowest BCUT2D eigenvalue weighted by Gasteiger charge is -2.23. The number of nitrogens with two attached hydrogens (primary N) is 1. The monoisotopic (exact) mass is 509 g/mol. The lowest BCUT2D eigenvalue weighted by Crippen LogP contribution is -2.27. The van der Waals surface area contributed by atoms with Crippen LogP contribution in [0.5, 0.6) is 11.5 Å². The SMILES string of the molecule is COc1cc(C2CC(c3ccccc3)=NN2C(=O)c2ccc(S(N)(=O)=O)cc2)ccc1OCCCO. The summed E-state index contributed by atoms with van der Waals surface area (Å²) in [5.74, 6) is 0.658. The van der Waals surface area contributed by atoms with E-state index >= 15 is 0 Å². The molecule has 0 aliphatic carbocycles. The highest BCUT2D eigenvalue weighted by Gasteiger charge is 2.34. The van der Waals surface area contributed by atoms with Gasteiger partial charge in [0.25, 0.3) is 5.91 Å². The van der Waals surface area contributed by atoms with Crippen LogP contribution in [0.25, 0.3) is 0 Å². The smallest absolute Gasteiger partial charge is 0.274 e. The molecule has 1 amide bonds. The number of primary sulfonamides is 1. The molecule has 3 aromatic rings. The summed E-state index contributed by atoms with van der Waals surface area (Å²) >= 11 is 0. The van der Waals surface area contributed by atoms with E-state index in [0.29, 0.717) is 30.9 Å². The number of carbonyl (C=O) groups is 1. The van der Waals surface area contributed by atoms with Crippen LogP contribution in [0.4, 0.5) is 0 Å². The van der Waals surface area contributed by atoms with Crippen LogP contribution in [0.15, 0.2) is 82.8 Å². The Labute approximate surface area is 209 Å². The van der Waals surface area contributed by atoms with Crippen molar-refractivity contribution < 1.29 is 27.8 Å². The molecule has 3 aromatic carbocycles. The van der Waals surface area contributed by atoms with E-state index in [0.717, 1.165) is 16.8 Å². The van der Waals surface area contributed by atoms with Crippen molar-refractivity contribution in [3.63, 3.8) is 0 Å².